The van der Waals surface area contributed by atoms with Crippen LogP contribution in [0.15, 0.2) is 46.2 Å². The van der Waals surface area contributed by atoms with Crippen molar-refractivity contribution in [1.29, 1.82) is 0 Å². The van der Waals surface area contributed by atoms with Crippen molar-refractivity contribution in [1.82, 2.24) is 16.0 Å². The molecular formula is C22H31N7O8S2. The Balaban J connectivity index is 0.000000495. The summed E-state index contributed by atoms with van der Waals surface area (Å²) in [6.45, 7) is 7.15. The molecule has 214 valence electrons. The Morgan fingerprint density at radius 2 is 1.03 bits per heavy atom. The number of nitrogens with two attached hydrogens (primary N) is 2. The van der Waals surface area contributed by atoms with Crippen LogP contribution in [-0.2, 0) is 0 Å². The van der Waals surface area contributed by atoms with Crippen LogP contribution in [0.2, 0.25) is 0 Å². The highest BCUT2D eigenvalue weighted by Crippen LogP contribution is 2.40. The minimum atomic E-state index is -1.45. The third-order valence-electron chi connectivity index (χ3n) is 4.62. The summed E-state index contributed by atoms with van der Waals surface area (Å²) in [4.78, 5) is 43.1. The average molecular weight is 586 g/mol. The summed E-state index contributed by atoms with van der Waals surface area (Å²) in [6, 6.07) is 7.08. The lowest BCUT2D eigenvalue weighted by atomic mass is 10.2. The Kier molecular flexibility index (Phi) is 16.3. The van der Waals surface area contributed by atoms with Gasteiger partial charge in [-0.15, -0.1) is 0 Å². The molecule has 0 bridgehead atoms. The van der Waals surface area contributed by atoms with Gasteiger partial charge in [0.25, 0.3) is 11.4 Å². The zero-order valence-corrected chi connectivity index (χ0v) is 22.5. The second-order valence-electron chi connectivity index (χ2n) is 7.48. The van der Waals surface area contributed by atoms with Crippen molar-refractivity contribution < 1.29 is 29.6 Å². The van der Waals surface area contributed by atoms with E-state index in [-0.39, 0.29) is 0 Å². The summed E-state index contributed by atoms with van der Waals surface area (Å²) >= 11 is 0. The number of nitrogens with zero attached hydrogens (tertiary/aromatic N) is 2. The maximum Gasteiger partial charge on any atom is 0.342 e. The molecule has 0 unspecified atom stereocenters. The Labute approximate surface area is 231 Å². The third kappa shape index (κ3) is 12.9. The van der Waals surface area contributed by atoms with E-state index in [4.69, 9.17) is 21.7 Å². The van der Waals surface area contributed by atoms with Crippen LogP contribution < -0.4 is 27.4 Å². The molecule has 0 saturated heterocycles. The van der Waals surface area contributed by atoms with Crippen LogP contribution in [0.5, 0.6) is 0 Å². The molecule has 0 aliphatic heterocycles. The third-order valence-corrected chi connectivity index (χ3v) is 7.00. The maximum absolute atomic E-state index is 11.1. The highest BCUT2D eigenvalue weighted by atomic mass is 33.1. The maximum atomic E-state index is 11.1. The fourth-order valence-electron chi connectivity index (χ4n) is 2.82. The predicted molar refractivity (Wildman–Crippen MR) is 149 cm³/mol. The van der Waals surface area contributed by atoms with Crippen molar-refractivity contribution in [3.63, 3.8) is 0 Å². The molecule has 0 atom stereocenters. The first-order valence-corrected chi connectivity index (χ1v) is 13.7. The number of benzene rings is 2. The summed E-state index contributed by atoms with van der Waals surface area (Å²) in [6.07, 6.45) is 0. The highest BCUT2D eigenvalue weighted by molar-refractivity contribution is 8.76. The lowest BCUT2D eigenvalue weighted by Gasteiger charge is -2.06. The number of hydrogen-bond acceptors (Lipinski definition) is 13. The van der Waals surface area contributed by atoms with Gasteiger partial charge in [-0.1, -0.05) is 21.6 Å². The molecule has 2 rings (SSSR count). The van der Waals surface area contributed by atoms with Crippen molar-refractivity contribution in [2.24, 2.45) is 11.5 Å². The molecule has 9 N–H and O–H groups in total. The second-order valence-corrected chi connectivity index (χ2v) is 9.75. The first-order valence-electron chi connectivity index (χ1n) is 11.5. The molecular weight excluding hydrogens is 554 g/mol. The number of carbonyl (C=O) groups is 2. The number of nitrogens with one attached hydrogen (secondary N) is 3. The normalized spacial score (nSPS) is 10.4. The largest absolute Gasteiger partial charge is 0.477 e. The van der Waals surface area contributed by atoms with E-state index >= 15 is 0 Å². The molecule has 0 spiro atoms. The predicted octanol–water partition coefficient (Wildman–Crippen LogP) is 1.37. The van der Waals surface area contributed by atoms with Gasteiger partial charge >= 0.3 is 11.9 Å². The summed E-state index contributed by atoms with van der Waals surface area (Å²) in [5.41, 5.74) is 8.59. The molecule has 0 aliphatic rings. The Bertz CT molecular complexity index is 1040. The Morgan fingerprint density at radius 1 is 0.692 bits per heavy atom. The van der Waals surface area contributed by atoms with Crippen molar-refractivity contribution in [2.45, 2.75) is 9.79 Å². The van der Waals surface area contributed by atoms with Crippen LogP contribution in [0.3, 0.4) is 0 Å². The van der Waals surface area contributed by atoms with E-state index in [1.165, 1.54) is 12.1 Å². The topological polar surface area (TPSA) is 249 Å². The van der Waals surface area contributed by atoms with Crippen LogP contribution >= 0.6 is 21.6 Å². The lowest BCUT2D eigenvalue weighted by Crippen LogP contribution is -2.35. The van der Waals surface area contributed by atoms with Gasteiger partial charge in [-0.3, -0.25) is 20.2 Å². The molecule has 0 aromatic heterocycles. The van der Waals surface area contributed by atoms with Crippen LogP contribution in [0.1, 0.15) is 20.7 Å². The number of hydrogen-bond donors (Lipinski definition) is 7. The molecule has 2 aromatic carbocycles. The van der Waals surface area contributed by atoms with Crippen molar-refractivity contribution >= 4 is 44.9 Å². The molecule has 0 aliphatic carbocycles. The van der Waals surface area contributed by atoms with Gasteiger partial charge in [0.15, 0.2) is 0 Å². The number of carboxylic acid groups (broad SMARTS) is 2. The summed E-state index contributed by atoms with van der Waals surface area (Å²) in [5, 5.41) is 49.5. The highest BCUT2D eigenvalue weighted by Gasteiger charge is 2.22. The molecule has 17 heteroatoms. The zero-order chi connectivity index (χ0) is 29.2. The van der Waals surface area contributed by atoms with Crippen LogP contribution in [0, 0.1) is 20.2 Å². The van der Waals surface area contributed by atoms with E-state index in [9.17, 15) is 29.8 Å². The van der Waals surface area contributed by atoms with Crippen LogP contribution in [0.4, 0.5) is 11.4 Å². The molecule has 2 aromatic rings. The van der Waals surface area contributed by atoms with E-state index in [1.807, 2.05) is 0 Å². The van der Waals surface area contributed by atoms with Crippen molar-refractivity contribution in [3.8, 4) is 0 Å². The molecule has 39 heavy (non-hydrogen) atoms. The number of rotatable bonds is 17. The fraction of sp³-hybridized carbons (Fsp3) is 0.364. The SMILES string of the molecule is NCCNCCNCCNCCN.O=C(O)c1cc(SSc2ccc([N+](=O)[O-])c(C(=O)O)c2)ccc1[N+](=O)[O-]. The summed E-state index contributed by atoms with van der Waals surface area (Å²) < 4.78 is 0. The van der Waals surface area contributed by atoms with E-state index in [1.54, 1.807) is 0 Å². The first-order chi connectivity index (χ1) is 18.6. The number of nitro groups is 2. The van der Waals surface area contributed by atoms with Crippen molar-refractivity contribution in [3.05, 3.63) is 67.8 Å². The summed E-state index contributed by atoms with van der Waals surface area (Å²) in [7, 11) is 2.06. The van der Waals surface area contributed by atoms with E-state index < -0.39 is 44.3 Å². The second kappa shape index (κ2) is 18.9. The van der Waals surface area contributed by atoms with Gasteiger partial charge in [-0.05, 0) is 24.3 Å². The van der Waals surface area contributed by atoms with E-state index in [2.05, 4.69) is 16.0 Å². The lowest BCUT2D eigenvalue weighted by molar-refractivity contribution is -0.385. The molecule has 0 saturated carbocycles. The number of carboxylic acids is 2. The van der Waals surface area contributed by atoms with Gasteiger partial charge in [0, 0.05) is 74.3 Å². The van der Waals surface area contributed by atoms with Gasteiger partial charge in [0.1, 0.15) is 11.1 Å². The van der Waals surface area contributed by atoms with E-state index in [0.717, 1.165) is 85.1 Å². The Morgan fingerprint density at radius 3 is 1.31 bits per heavy atom. The van der Waals surface area contributed by atoms with Gasteiger partial charge in [-0.25, -0.2) is 9.59 Å². The standard InChI is InChI=1S/C14H8N2O8S2.C8H23N5/c17-13(18)9-5-7(1-3-11(9)15(21)22)25-26-8-2-4-12(16(23)24)10(6-8)14(19)20;9-1-3-11-5-7-13-8-6-12-4-2-10/h1-6H,(H,17,18)(H,19,20);11-13H,1-10H2. The summed E-state index contributed by atoms with van der Waals surface area (Å²) in [5.74, 6) is -2.90. The first kappa shape index (κ1) is 33.7. The molecule has 0 fully saturated rings. The van der Waals surface area contributed by atoms with Gasteiger partial charge < -0.3 is 37.6 Å². The number of nitro benzene ring substituents is 2. The van der Waals surface area contributed by atoms with Gasteiger partial charge in [-0.2, -0.15) is 0 Å². The monoisotopic (exact) mass is 585 g/mol. The molecule has 0 amide bonds. The minimum Gasteiger partial charge on any atom is -0.477 e. The molecule has 0 heterocycles. The van der Waals surface area contributed by atoms with Gasteiger partial charge in [0.2, 0.25) is 0 Å². The van der Waals surface area contributed by atoms with Gasteiger partial charge in [0.05, 0.1) is 9.85 Å². The fourth-order valence-corrected chi connectivity index (χ4v) is 4.79. The number of aromatic carboxylic acids is 2. The molecule has 0 radical (unpaired) electrons. The zero-order valence-electron chi connectivity index (χ0n) is 20.8. The Hall–Kier alpha value is -3.32. The quantitative estimate of drug-likeness (QED) is 0.0599. The van der Waals surface area contributed by atoms with Crippen molar-refractivity contribution in [2.75, 3.05) is 52.4 Å². The van der Waals surface area contributed by atoms with Crippen LogP contribution in [-0.4, -0.2) is 84.4 Å². The van der Waals surface area contributed by atoms with E-state index in [0.29, 0.717) is 22.9 Å². The minimum absolute atomic E-state index is 0.383. The molecule has 15 nitrogen and oxygen atoms in total. The average Bonchev–Trinajstić information content (AvgIpc) is 2.90. The van der Waals surface area contributed by atoms with Crippen LogP contribution in [0.25, 0.3) is 0 Å². The smallest absolute Gasteiger partial charge is 0.342 e.